The van der Waals surface area contributed by atoms with E-state index in [-0.39, 0.29) is 16.7 Å². The lowest BCUT2D eigenvalue weighted by Crippen LogP contribution is -2.28. The van der Waals surface area contributed by atoms with Gasteiger partial charge in [0.15, 0.2) is 11.5 Å². The molecule has 0 saturated carbocycles. The summed E-state index contributed by atoms with van der Waals surface area (Å²) in [5, 5.41) is 2.22. The summed E-state index contributed by atoms with van der Waals surface area (Å²) in [5.41, 5.74) is -1.19. The number of allylic oxidation sites excluding steroid dienone is 4. The largest absolute Gasteiger partial charge is 0.534 e. The van der Waals surface area contributed by atoms with E-state index in [1.807, 2.05) is 12.1 Å². The van der Waals surface area contributed by atoms with Crippen LogP contribution in [0.15, 0.2) is 84.5 Å². The van der Waals surface area contributed by atoms with Crippen LogP contribution in [0.4, 0.5) is 13.2 Å². The van der Waals surface area contributed by atoms with Crippen molar-refractivity contribution in [3.05, 3.63) is 95.6 Å². The van der Waals surface area contributed by atoms with E-state index in [2.05, 4.69) is 12.2 Å². The number of benzene rings is 4. The molecule has 0 amide bonds. The van der Waals surface area contributed by atoms with Crippen molar-refractivity contribution in [2.24, 2.45) is 0 Å². The molecule has 0 radical (unpaired) electrons. The van der Waals surface area contributed by atoms with Gasteiger partial charge in [-0.1, -0.05) is 72.3 Å². The van der Waals surface area contributed by atoms with Crippen molar-refractivity contribution < 1.29 is 30.6 Å². The van der Waals surface area contributed by atoms with Crippen LogP contribution in [0.5, 0.6) is 5.75 Å². The molecular formula is C29H19F3O4S. The molecule has 0 unspecified atom stereocenters. The van der Waals surface area contributed by atoms with Crippen LogP contribution in [0.1, 0.15) is 35.2 Å². The Balaban J connectivity index is 1.54. The van der Waals surface area contributed by atoms with E-state index in [9.17, 15) is 26.4 Å². The molecule has 4 aromatic carbocycles. The van der Waals surface area contributed by atoms with E-state index in [1.54, 1.807) is 42.5 Å². The first-order chi connectivity index (χ1) is 17.6. The number of hydrogen-bond acceptors (Lipinski definition) is 4. The van der Waals surface area contributed by atoms with Gasteiger partial charge in [0.2, 0.25) is 0 Å². The second-order valence-corrected chi connectivity index (χ2v) is 10.7. The Bertz CT molecular complexity index is 1800. The topological polar surface area (TPSA) is 60.4 Å². The number of carbonyl (C=O) groups excluding carboxylic acids is 1. The number of alkyl halides is 3. The molecule has 8 heteroatoms. The van der Waals surface area contributed by atoms with Crippen LogP contribution in [-0.4, -0.2) is 19.7 Å². The average molecular weight is 521 g/mol. The summed E-state index contributed by atoms with van der Waals surface area (Å²) in [6.45, 7) is 0. The van der Waals surface area contributed by atoms with Gasteiger partial charge in [0.05, 0.1) is 0 Å². The van der Waals surface area contributed by atoms with Gasteiger partial charge in [-0.3, -0.25) is 4.79 Å². The summed E-state index contributed by atoms with van der Waals surface area (Å²) in [6, 6.07) is 18.6. The van der Waals surface area contributed by atoms with Crippen molar-refractivity contribution in [2.75, 3.05) is 0 Å². The fourth-order valence-electron chi connectivity index (χ4n) is 5.20. The lowest BCUT2D eigenvalue weighted by molar-refractivity contribution is -0.0499. The first kappa shape index (κ1) is 23.5. The first-order valence-electron chi connectivity index (χ1n) is 11.7. The maximum absolute atomic E-state index is 13.2. The van der Waals surface area contributed by atoms with Gasteiger partial charge in [0.1, 0.15) is 0 Å². The Morgan fingerprint density at radius 1 is 0.838 bits per heavy atom. The lowest BCUT2D eigenvalue weighted by Gasteiger charge is -2.24. The van der Waals surface area contributed by atoms with Crippen molar-refractivity contribution in [2.45, 2.75) is 24.8 Å². The molecule has 2 aliphatic rings. The molecule has 2 aliphatic carbocycles. The standard InChI is InChI=1S/C29H19F3O4S/c30-29(31,32)37(34,35)36-28-23-8-4-1-5-17(23)9-13-24(28)20-10-12-22-19(15-20)11-14-25-21-7-3-2-6-18(21)16-26(33)27(22)25/h1,3-5,7-15H,2,6,16H2. The molecule has 4 nitrogen and oxygen atoms in total. The fourth-order valence-corrected chi connectivity index (χ4v) is 5.69. The molecule has 0 N–H and O–H groups in total. The summed E-state index contributed by atoms with van der Waals surface area (Å²) in [5.74, 6) is -0.362. The number of rotatable bonds is 3. The highest BCUT2D eigenvalue weighted by atomic mass is 32.2. The summed E-state index contributed by atoms with van der Waals surface area (Å²) in [6.07, 6.45) is 6.30. The minimum absolute atomic E-state index is 0.0356. The van der Waals surface area contributed by atoms with Crippen LogP contribution in [0.3, 0.4) is 0 Å². The van der Waals surface area contributed by atoms with Crippen LogP contribution in [0, 0.1) is 0 Å². The van der Waals surface area contributed by atoms with Gasteiger partial charge in [-0.15, -0.1) is 0 Å². The number of halogens is 3. The minimum Gasteiger partial charge on any atom is -0.375 e. The van der Waals surface area contributed by atoms with Gasteiger partial charge in [-0.2, -0.15) is 21.6 Å². The number of ketones is 1. The van der Waals surface area contributed by atoms with Crippen molar-refractivity contribution in [1.29, 1.82) is 0 Å². The number of hydrogen-bond donors (Lipinski definition) is 0. The molecule has 0 aromatic heterocycles. The predicted molar refractivity (Wildman–Crippen MR) is 137 cm³/mol. The molecule has 0 spiro atoms. The Morgan fingerprint density at radius 2 is 1.59 bits per heavy atom. The van der Waals surface area contributed by atoms with Gasteiger partial charge in [-0.25, -0.2) is 0 Å². The van der Waals surface area contributed by atoms with E-state index >= 15 is 0 Å². The molecule has 0 aliphatic heterocycles. The summed E-state index contributed by atoms with van der Waals surface area (Å²) < 4.78 is 68.4. The number of Topliss-reactive ketones (excluding diaryl/α,β-unsaturated/α-hetero) is 1. The normalized spacial score (nSPS) is 15.7. The molecular weight excluding hydrogens is 501 g/mol. The molecule has 0 atom stereocenters. The fraction of sp³-hybridized carbons (Fsp3) is 0.138. The predicted octanol–water partition coefficient (Wildman–Crippen LogP) is 7.58. The van der Waals surface area contributed by atoms with E-state index in [0.29, 0.717) is 28.3 Å². The van der Waals surface area contributed by atoms with Gasteiger partial charge < -0.3 is 4.18 Å². The van der Waals surface area contributed by atoms with Gasteiger partial charge >= 0.3 is 15.6 Å². The molecule has 37 heavy (non-hydrogen) atoms. The van der Waals surface area contributed by atoms with Crippen molar-refractivity contribution in [1.82, 2.24) is 0 Å². The number of fused-ring (bicyclic) bond motifs is 5. The Kier molecular flexibility index (Phi) is 5.28. The van der Waals surface area contributed by atoms with Crippen molar-refractivity contribution in [3.63, 3.8) is 0 Å². The third kappa shape index (κ3) is 3.83. The first-order valence-corrected chi connectivity index (χ1v) is 13.1. The summed E-state index contributed by atoms with van der Waals surface area (Å²) >= 11 is 0. The minimum atomic E-state index is -5.90. The maximum Gasteiger partial charge on any atom is 0.534 e. The van der Waals surface area contributed by atoms with Crippen molar-refractivity contribution in [3.8, 4) is 16.9 Å². The lowest BCUT2D eigenvalue weighted by atomic mass is 9.79. The van der Waals surface area contributed by atoms with Crippen molar-refractivity contribution >= 4 is 43.0 Å². The Hall–Kier alpha value is -3.91. The highest BCUT2D eigenvalue weighted by Gasteiger charge is 2.49. The highest BCUT2D eigenvalue weighted by molar-refractivity contribution is 7.88. The third-order valence-electron chi connectivity index (χ3n) is 6.91. The zero-order valence-electron chi connectivity index (χ0n) is 19.3. The maximum atomic E-state index is 13.2. The molecule has 4 aromatic rings. The smallest absolute Gasteiger partial charge is 0.375 e. The van der Waals surface area contributed by atoms with Gasteiger partial charge in [0.25, 0.3) is 0 Å². The molecule has 0 fully saturated rings. The zero-order valence-corrected chi connectivity index (χ0v) is 20.1. The van der Waals surface area contributed by atoms with Gasteiger partial charge in [-0.05, 0) is 57.8 Å². The average Bonchev–Trinajstić information content (AvgIpc) is 2.87. The van der Waals surface area contributed by atoms with Crippen LogP contribution >= 0.6 is 0 Å². The Labute approximate surface area is 210 Å². The number of carbonyl (C=O) groups is 1. The van der Waals surface area contributed by atoms with Crippen LogP contribution in [0.25, 0.3) is 38.2 Å². The second-order valence-electron chi connectivity index (χ2n) is 9.13. The van der Waals surface area contributed by atoms with Crippen LogP contribution < -0.4 is 4.18 Å². The van der Waals surface area contributed by atoms with E-state index in [0.717, 1.165) is 34.9 Å². The molecule has 0 heterocycles. The molecule has 186 valence electrons. The monoisotopic (exact) mass is 520 g/mol. The third-order valence-corrected chi connectivity index (χ3v) is 7.86. The SMILES string of the molecule is O=C1CC2=C(C=CCC2)c2ccc3cc(-c4ccc5ccccc5c4OS(=O)(=O)C(F)(F)F)ccc3c21. The summed E-state index contributed by atoms with van der Waals surface area (Å²) in [4.78, 5) is 13.1. The summed E-state index contributed by atoms with van der Waals surface area (Å²) in [7, 11) is -5.90. The van der Waals surface area contributed by atoms with Crippen LogP contribution in [0.2, 0.25) is 0 Å². The van der Waals surface area contributed by atoms with E-state index in [4.69, 9.17) is 4.18 Å². The van der Waals surface area contributed by atoms with E-state index in [1.165, 1.54) is 12.1 Å². The second kappa shape index (κ2) is 8.31. The Morgan fingerprint density at radius 3 is 2.41 bits per heavy atom. The zero-order chi connectivity index (χ0) is 25.9. The highest BCUT2D eigenvalue weighted by Crippen LogP contribution is 2.43. The van der Waals surface area contributed by atoms with Gasteiger partial charge in [0, 0.05) is 22.9 Å². The van der Waals surface area contributed by atoms with E-state index < -0.39 is 21.4 Å². The molecule has 0 bridgehead atoms. The van der Waals surface area contributed by atoms with Crippen LogP contribution in [-0.2, 0) is 10.1 Å². The molecule has 6 rings (SSSR count). The molecule has 0 saturated heterocycles. The quantitative estimate of drug-likeness (QED) is 0.206.